The minimum atomic E-state index is 0.121. The normalized spacial score (nSPS) is 17.7. The predicted molar refractivity (Wildman–Crippen MR) is 110 cm³/mol. The van der Waals surface area contributed by atoms with Crippen molar-refractivity contribution < 1.29 is 0 Å². The number of fused-ring (bicyclic) bond motifs is 3. The molecule has 0 spiro atoms. The minimum Gasteiger partial charge on any atom is -0.283 e. The average Bonchev–Trinajstić information content (AvgIpc) is 2.87. The van der Waals surface area contributed by atoms with E-state index in [2.05, 4.69) is 34.3 Å². The maximum atomic E-state index is 13.2. The third kappa shape index (κ3) is 3.59. The van der Waals surface area contributed by atoms with E-state index >= 15 is 0 Å². The number of aromatic nitrogens is 2. The van der Waals surface area contributed by atoms with Crippen LogP contribution in [0.15, 0.2) is 22.1 Å². The SMILES string of the molecule is C=C(C)Cn1c(SCC)nc2sc3c(c2c1=O)CC[C@H](C(C)(C)C)C3. The molecule has 2 aromatic rings. The number of aryl methyl sites for hydroxylation is 1. The van der Waals surface area contributed by atoms with Crippen LogP contribution in [0.2, 0.25) is 0 Å². The van der Waals surface area contributed by atoms with Crippen molar-refractivity contribution in [2.24, 2.45) is 11.3 Å². The zero-order chi connectivity index (χ0) is 18.4. The van der Waals surface area contributed by atoms with E-state index in [4.69, 9.17) is 4.98 Å². The highest BCUT2D eigenvalue weighted by molar-refractivity contribution is 7.99. The molecule has 0 aliphatic heterocycles. The van der Waals surface area contributed by atoms with Crippen LogP contribution in [-0.4, -0.2) is 15.3 Å². The number of hydrogen-bond acceptors (Lipinski definition) is 4. The molecule has 1 aliphatic carbocycles. The molecule has 25 heavy (non-hydrogen) atoms. The van der Waals surface area contributed by atoms with Gasteiger partial charge in [0.05, 0.1) is 5.39 Å². The predicted octanol–water partition coefficient (Wildman–Crippen LogP) is 5.30. The molecule has 0 saturated heterocycles. The monoisotopic (exact) mass is 376 g/mol. The van der Waals surface area contributed by atoms with Crippen LogP contribution in [-0.2, 0) is 19.4 Å². The Morgan fingerprint density at radius 1 is 1.44 bits per heavy atom. The summed E-state index contributed by atoms with van der Waals surface area (Å²) in [7, 11) is 0. The van der Waals surface area contributed by atoms with Gasteiger partial charge in [-0.15, -0.1) is 11.3 Å². The maximum absolute atomic E-state index is 13.2. The van der Waals surface area contributed by atoms with Crippen molar-refractivity contribution in [2.75, 3.05) is 5.75 Å². The van der Waals surface area contributed by atoms with Crippen LogP contribution in [0, 0.1) is 11.3 Å². The van der Waals surface area contributed by atoms with E-state index in [-0.39, 0.29) is 5.56 Å². The third-order valence-corrected chi connectivity index (χ3v) is 7.07. The van der Waals surface area contributed by atoms with Crippen molar-refractivity contribution in [1.29, 1.82) is 0 Å². The van der Waals surface area contributed by atoms with E-state index in [1.807, 2.05) is 11.5 Å². The summed E-state index contributed by atoms with van der Waals surface area (Å²) in [5.74, 6) is 1.58. The molecule has 0 fully saturated rings. The van der Waals surface area contributed by atoms with Gasteiger partial charge in [-0.1, -0.05) is 51.6 Å². The lowest BCUT2D eigenvalue weighted by Crippen LogP contribution is -2.27. The van der Waals surface area contributed by atoms with E-state index in [1.54, 1.807) is 23.1 Å². The van der Waals surface area contributed by atoms with Crippen LogP contribution >= 0.6 is 23.1 Å². The Labute approximate surface area is 158 Å². The summed E-state index contributed by atoms with van der Waals surface area (Å²) in [6.07, 6.45) is 3.24. The van der Waals surface area contributed by atoms with Gasteiger partial charge in [-0.3, -0.25) is 9.36 Å². The molecule has 0 bridgehead atoms. The molecule has 0 saturated carbocycles. The van der Waals surface area contributed by atoms with Gasteiger partial charge in [-0.25, -0.2) is 4.98 Å². The third-order valence-electron chi connectivity index (χ3n) is 5.06. The fraction of sp³-hybridized carbons (Fsp3) is 0.600. The Bertz CT molecular complexity index is 870. The number of thioether (sulfide) groups is 1. The van der Waals surface area contributed by atoms with Gasteiger partial charge in [0.2, 0.25) is 0 Å². The molecule has 0 amide bonds. The van der Waals surface area contributed by atoms with Crippen LogP contribution in [0.3, 0.4) is 0 Å². The summed E-state index contributed by atoms with van der Waals surface area (Å²) in [6, 6.07) is 0. The molecule has 2 aromatic heterocycles. The molecular formula is C20H28N2OS2. The Balaban J connectivity index is 2.15. The fourth-order valence-corrected chi connectivity index (χ4v) is 5.69. The standard InChI is InChI=1S/C20H28N2OS2/c1-7-24-19-21-17-16(18(23)22(19)11-12(2)3)14-9-8-13(20(4,5)6)10-15(14)25-17/h13H,2,7-11H2,1,3-6H3/t13-/m0/s1. The summed E-state index contributed by atoms with van der Waals surface area (Å²) in [6.45, 7) is 15.6. The maximum Gasteiger partial charge on any atom is 0.263 e. The average molecular weight is 377 g/mol. The van der Waals surface area contributed by atoms with Gasteiger partial charge in [-0.05, 0) is 48.8 Å². The molecule has 1 atom stereocenters. The van der Waals surface area contributed by atoms with Gasteiger partial charge in [0.15, 0.2) is 5.16 Å². The van der Waals surface area contributed by atoms with Gasteiger partial charge in [0, 0.05) is 11.4 Å². The molecule has 0 aromatic carbocycles. The number of rotatable bonds is 4. The topological polar surface area (TPSA) is 34.9 Å². The first-order valence-electron chi connectivity index (χ1n) is 9.04. The summed E-state index contributed by atoms with van der Waals surface area (Å²) in [5, 5.41) is 1.70. The number of allylic oxidation sites excluding steroid dienone is 1. The minimum absolute atomic E-state index is 0.121. The fourth-order valence-electron chi connectivity index (χ4n) is 3.63. The summed E-state index contributed by atoms with van der Waals surface area (Å²) in [5.41, 5.74) is 2.68. The second-order valence-corrected chi connectivity index (χ2v) is 10.5. The number of thiophene rings is 1. The highest BCUT2D eigenvalue weighted by Crippen LogP contribution is 2.42. The first-order valence-corrected chi connectivity index (χ1v) is 10.8. The second-order valence-electron chi connectivity index (χ2n) is 8.17. The van der Waals surface area contributed by atoms with Crippen LogP contribution in [0.4, 0.5) is 0 Å². The summed E-state index contributed by atoms with van der Waals surface area (Å²) < 4.78 is 1.82. The summed E-state index contributed by atoms with van der Waals surface area (Å²) in [4.78, 5) is 20.4. The van der Waals surface area contributed by atoms with E-state index in [0.29, 0.717) is 17.9 Å². The summed E-state index contributed by atoms with van der Waals surface area (Å²) >= 11 is 3.38. The molecule has 136 valence electrons. The molecule has 1 aliphatic rings. The second kappa shape index (κ2) is 6.92. The lowest BCUT2D eigenvalue weighted by Gasteiger charge is -2.33. The van der Waals surface area contributed by atoms with Crippen molar-refractivity contribution in [3.8, 4) is 0 Å². The number of hydrogen-bond donors (Lipinski definition) is 0. The molecule has 3 rings (SSSR count). The molecule has 5 heteroatoms. The molecule has 2 heterocycles. The Morgan fingerprint density at radius 3 is 2.76 bits per heavy atom. The highest BCUT2D eigenvalue weighted by Gasteiger charge is 2.32. The Hall–Kier alpha value is -1.07. The zero-order valence-corrected chi connectivity index (χ0v) is 17.6. The van der Waals surface area contributed by atoms with Crippen LogP contribution < -0.4 is 5.56 Å². The molecule has 0 N–H and O–H groups in total. The quantitative estimate of drug-likeness (QED) is 0.413. The van der Waals surface area contributed by atoms with E-state index in [0.717, 1.165) is 46.0 Å². The van der Waals surface area contributed by atoms with Crippen molar-refractivity contribution in [3.05, 3.63) is 32.9 Å². The first kappa shape index (κ1) is 18.7. The van der Waals surface area contributed by atoms with Crippen LogP contribution in [0.1, 0.15) is 51.5 Å². The zero-order valence-electron chi connectivity index (χ0n) is 15.9. The highest BCUT2D eigenvalue weighted by atomic mass is 32.2. The van der Waals surface area contributed by atoms with Crippen molar-refractivity contribution in [1.82, 2.24) is 9.55 Å². The lowest BCUT2D eigenvalue weighted by molar-refractivity contribution is 0.218. The molecule has 0 radical (unpaired) electrons. The van der Waals surface area contributed by atoms with Gasteiger partial charge in [0.1, 0.15) is 4.83 Å². The van der Waals surface area contributed by atoms with Crippen molar-refractivity contribution >= 4 is 33.3 Å². The lowest BCUT2D eigenvalue weighted by atomic mass is 9.72. The van der Waals surface area contributed by atoms with Gasteiger partial charge >= 0.3 is 0 Å². The van der Waals surface area contributed by atoms with Crippen molar-refractivity contribution in [3.63, 3.8) is 0 Å². The number of nitrogens with zero attached hydrogens (tertiary/aromatic N) is 2. The largest absolute Gasteiger partial charge is 0.283 e. The van der Waals surface area contributed by atoms with Crippen molar-refractivity contribution in [2.45, 2.75) is 65.6 Å². The Morgan fingerprint density at radius 2 is 2.16 bits per heavy atom. The van der Waals surface area contributed by atoms with E-state index in [1.165, 1.54) is 10.4 Å². The molecular weight excluding hydrogens is 348 g/mol. The van der Waals surface area contributed by atoms with Gasteiger partial charge in [0.25, 0.3) is 5.56 Å². The van der Waals surface area contributed by atoms with Crippen LogP contribution in [0.25, 0.3) is 10.2 Å². The van der Waals surface area contributed by atoms with Gasteiger partial charge < -0.3 is 0 Å². The molecule has 0 unspecified atom stereocenters. The smallest absolute Gasteiger partial charge is 0.263 e. The molecule has 3 nitrogen and oxygen atoms in total. The Kier molecular flexibility index (Phi) is 5.18. The van der Waals surface area contributed by atoms with E-state index in [9.17, 15) is 4.79 Å². The van der Waals surface area contributed by atoms with E-state index < -0.39 is 0 Å². The van der Waals surface area contributed by atoms with Gasteiger partial charge in [-0.2, -0.15) is 0 Å². The van der Waals surface area contributed by atoms with Crippen LogP contribution in [0.5, 0.6) is 0 Å². The first-order chi connectivity index (χ1) is 11.7.